The predicted octanol–water partition coefficient (Wildman–Crippen LogP) is 1.74. The van der Waals surface area contributed by atoms with Gasteiger partial charge in [0.05, 0.1) is 12.6 Å². The van der Waals surface area contributed by atoms with Crippen molar-refractivity contribution in [3.63, 3.8) is 0 Å². The molecule has 1 aromatic carbocycles. The minimum absolute atomic E-state index is 0.212. The maximum absolute atomic E-state index is 9.00. The number of anilines is 1. The summed E-state index contributed by atoms with van der Waals surface area (Å²) >= 11 is 1.74. The number of fused-ring (bicyclic) bond motifs is 1. The first-order valence-corrected chi connectivity index (χ1v) is 5.60. The molecule has 0 aliphatic carbocycles. The molecular formula is C10H13NOS. The van der Waals surface area contributed by atoms with E-state index in [4.69, 9.17) is 5.11 Å². The molecule has 1 unspecified atom stereocenters. The molecule has 1 aliphatic heterocycles. The number of hydrogen-bond acceptors (Lipinski definition) is 3. The monoisotopic (exact) mass is 195 g/mol. The zero-order valence-corrected chi connectivity index (χ0v) is 8.40. The molecule has 70 valence electrons. The van der Waals surface area contributed by atoms with Crippen LogP contribution in [0, 0.1) is 0 Å². The van der Waals surface area contributed by atoms with E-state index in [0.29, 0.717) is 0 Å². The van der Waals surface area contributed by atoms with Crippen LogP contribution >= 0.6 is 11.8 Å². The van der Waals surface area contributed by atoms with Crippen LogP contribution in [-0.2, 0) is 6.42 Å². The Hall–Kier alpha value is -0.670. The second-order valence-corrected chi connectivity index (χ2v) is 4.13. The van der Waals surface area contributed by atoms with Crippen LogP contribution in [0.25, 0.3) is 0 Å². The van der Waals surface area contributed by atoms with Gasteiger partial charge in [-0.15, -0.1) is 11.8 Å². The fourth-order valence-electron chi connectivity index (χ4n) is 1.64. The molecule has 1 aromatic rings. The molecular weight excluding hydrogens is 182 g/mol. The van der Waals surface area contributed by atoms with Crippen molar-refractivity contribution in [2.75, 3.05) is 18.2 Å². The summed E-state index contributed by atoms with van der Waals surface area (Å²) in [5.74, 6) is 0. The number of benzene rings is 1. The molecule has 0 spiro atoms. The third-order valence-electron chi connectivity index (χ3n) is 2.36. The van der Waals surface area contributed by atoms with E-state index in [1.165, 1.54) is 16.1 Å². The first kappa shape index (κ1) is 8.91. The Morgan fingerprint density at radius 3 is 3.15 bits per heavy atom. The second kappa shape index (κ2) is 3.60. The van der Waals surface area contributed by atoms with E-state index in [-0.39, 0.29) is 12.6 Å². The first-order chi connectivity index (χ1) is 6.33. The Morgan fingerprint density at radius 1 is 1.62 bits per heavy atom. The summed E-state index contributed by atoms with van der Waals surface area (Å²) in [6, 6.07) is 6.64. The Balaban J connectivity index is 2.25. The summed E-state index contributed by atoms with van der Waals surface area (Å²) in [6.07, 6.45) is 3.01. The molecule has 0 radical (unpaired) electrons. The lowest BCUT2D eigenvalue weighted by molar-refractivity contribution is 0.277. The van der Waals surface area contributed by atoms with Crippen molar-refractivity contribution in [2.45, 2.75) is 17.4 Å². The van der Waals surface area contributed by atoms with Crippen molar-refractivity contribution < 1.29 is 5.11 Å². The summed E-state index contributed by atoms with van der Waals surface area (Å²) in [6.45, 7) is 0.212. The highest BCUT2D eigenvalue weighted by Crippen LogP contribution is 2.29. The average Bonchev–Trinajstić information content (AvgIpc) is 2.58. The smallest absolute Gasteiger partial charge is 0.0636 e. The van der Waals surface area contributed by atoms with Crippen molar-refractivity contribution in [1.29, 1.82) is 0 Å². The van der Waals surface area contributed by atoms with Crippen LogP contribution in [0.15, 0.2) is 23.1 Å². The molecule has 1 heterocycles. The predicted molar refractivity (Wildman–Crippen MR) is 56.4 cm³/mol. The first-order valence-electron chi connectivity index (χ1n) is 4.38. The number of aliphatic hydroxyl groups excluding tert-OH is 1. The van der Waals surface area contributed by atoms with E-state index in [1.54, 1.807) is 11.8 Å². The van der Waals surface area contributed by atoms with E-state index in [0.717, 1.165) is 6.42 Å². The van der Waals surface area contributed by atoms with Gasteiger partial charge >= 0.3 is 0 Å². The van der Waals surface area contributed by atoms with Crippen molar-refractivity contribution >= 4 is 17.4 Å². The highest BCUT2D eigenvalue weighted by atomic mass is 32.2. The lowest BCUT2D eigenvalue weighted by Crippen LogP contribution is -2.19. The van der Waals surface area contributed by atoms with E-state index >= 15 is 0 Å². The van der Waals surface area contributed by atoms with Gasteiger partial charge in [-0.1, -0.05) is 6.07 Å². The maximum Gasteiger partial charge on any atom is 0.0636 e. The molecule has 0 saturated heterocycles. The number of nitrogens with one attached hydrogen (secondary N) is 1. The maximum atomic E-state index is 9.00. The number of hydrogen-bond donors (Lipinski definition) is 2. The quantitative estimate of drug-likeness (QED) is 0.705. The summed E-state index contributed by atoms with van der Waals surface area (Å²) in [5, 5.41) is 12.3. The van der Waals surface area contributed by atoms with Crippen molar-refractivity contribution in [3.05, 3.63) is 23.8 Å². The van der Waals surface area contributed by atoms with Crippen LogP contribution < -0.4 is 5.32 Å². The van der Waals surface area contributed by atoms with Gasteiger partial charge in [-0.05, 0) is 30.4 Å². The van der Waals surface area contributed by atoms with Gasteiger partial charge in [0, 0.05) is 10.6 Å². The molecule has 1 atom stereocenters. The number of aliphatic hydroxyl groups is 1. The Bertz CT molecular complexity index is 314. The normalized spacial score (nSPS) is 19.7. The molecule has 0 amide bonds. The standard InChI is InChI=1S/C10H13NOS/c1-13-9-3-2-7-4-8(6-12)11-10(7)5-9/h2-3,5,8,11-12H,4,6H2,1H3. The fraction of sp³-hybridized carbons (Fsp3) is 0.400. The molecule has 0 fully saturated rings. The van der Waals surface area contributed by atoms with Gasteiger partial charge in [0.25, 0.3) is 0 Å². The average molecular weight is 195 g/mol. The molecule has 2 rings (SSSR count). The summed E-state index contributed by atoms with van der Waals surface area (Å²) < 4.78 is 0. The largest absolute Gasteiger partial charge is 0.394 e. The minimum Gasteiger partial charge on any atom is -0.394 e. The number of rotatable bonds is 2. The zero-order valence-electron chi connectivity index (χ0n) is 7.58. The van der Waals surface area contributed by atoms with Crippen LogP contribution in [-0.4, -0.2) is 24.0 Å². The topological polar surface area (TPSA) is 32.3 Å². The number of thioether (sulfide) groups is 1. The van der Waals surface area contributed by atoms with Gasteiger partial charge in [-0.3, -0.25) is 0 Å². The molecule has 13 heavy (non-hydrogen) atoms. The Labute approximate surface area is 82.4 Å². The molecule has 0 bridgehead atoms. The van der Waals surface area contributed by atoms with Crippen LogP contribution in [0.3, 0.4) is 0 Å². The Morgan fingerprint density at radius 2 is 2.46 bits per heavy atom. The van der Waals surface area contributed by atoms with Crippen molar-refractivity contribution in [3.8, 4) is 0 Å². The van der Waals surface area contributed by atoms with E-state index in [9.17, 15) is 0 Å². The fourth-order valence-corrected chi connectivity index (χ4v) is 2.08. The van der Waals surface area contributed by atoms with Gasteiger partial charge in [-0.2, -0.15) is 0 Å². The minimum atomic E-state index is 0.212. The van der Waals surface area contributed by atoms with Gasteiger partial charge < -0.3 is 10.4 Å². The van der Waals surface area contributed by atoms with Crippen LogP contribution in [0.2, 0.25) is 0 Å². The van der Waals surface area contributed by atoms with Gasteiger partial charge in [0.1, 0.15) is 0 Å². The van der Waals surface area contributed by atoms with E-state index < -0.39 is 0 Å². The van der Waals surface area contributed by atoms with Crippen molar-refractivity contribution in [1.82, 2.24) is 0 Å². The van der Waals surface area contributed by atoms with Gasteiger partial charge in [-0.25, -0.2) is 0 Å². The highest BCUT2D eigenvalue weighted by molar-refractivity contribution is 7.98. The molecule has 3 heteroatoms. The summed E-state index contributed by atoms with van der Waals surface area (Å²) in [4.78, 5) is 1.27. The SMILES string of the molecule is CSc1ccc2c(c1)NC(CO)C2. The molecule has 1 aliphatic rings. The summed E-state index contributed by atoms with van der Waals surface area (Å²) in [5.41, 5.74) is 2.50. The third kappa shape index (κ3) is 1.67. The molecule has 2 N–H and O–H groups in total. The second-order valence-electron chi connectivity index (χ2n) is 3.25. The summed E-state index contributed by atoms with van der Waals surface area (Å²) in [7, 11) is 0. The molecule has 0 saturated carbocycles. The lowest BCUT2D eigenvalue weighted by atomic mass is 10.1. The van der Waals surface area contributed by atoms with Crippen LogP contribution in [0.4, 0.5) is 5.69 Å². The van der Waals surface area contributed by atoms with Crippen molar-refractivity contribution in [2.24, 2.45) is 0 Å². The van der Waals surface area contributed by atoms with Gasteiger partial charge in [0.15, 0.2) is 0 Å². The third-order valence-corrected chi connectivity index (χ3v) is 3.09. The molecule has 0 aromatic heterocycles. The van der Waals surface area contributed by atoms with Crippen LogP contribution in [0.1, 0.15) is 5.56 Å². The Kier molecular flexibility index (Phi) is 2.47. The van der Waals surface area contributed by atoms with Crippen LogP contribution in [0.5, 0.6) is 0 Å². The van der Waals surface area contributed by atoms with E-state index in [1.807, 2.05) is 0 Å². The molecule has 2 nitrogen and oxygen atoms in total. The zero-order chi connectivity index (χ0) is 9.26. The van der Waals surface area contributed by atoms with E-state index in [2.05, 4.69) is 29.8 Å². The van der Waals surface area contributed by atoms with Gasteiger partial charge in [0.2, 0.25) is 0 Å². The lowest BCUT2D eigenvalue weighted by Gasteiger charge is -2.05. The highest BCUT2D eigenvalue weighted by Gasteiger charge is 2.19.